The van der Waals surface area contributed by atoms with Crippen LogP contribution in [0.5, 0.6) is 5.75 Å². The SMILES string of the molecule is CC(c1cc(Cl)ccc1OCC(=O)N1C[C@H](C)N(Cc2ccc(F)cc2)C[C@H]1C)S(=O)(=O)O. The van der Waals surface area contributed by atoms with Gasteiger partial charge in [0.05, 0.1) is 0 Å². The average Bonchev–Trinajstić information content (AvgIpc) is 2.75. The summed E-state index contributed by atoms with van der Waals surface area (Å²) in [7, 11) is -4.36. The minimum atomic E-state index is -4.36. The first-order valence-electron chi connectivity index (χ1n) is 10.6. The second-order valence-corrected chi connectivity index (χ2v) is 10.6. The van der Waals surface area contributed by atoms with Crippen LogP contribution in [0.4, 0.5) is 4.39 Å². The van der Waals surface area contributed by atoms with Crippen molar-refractivity contribution >= 4 is 27.6 Å². The number of amides is 1. The maximum atomic E-state index is 13.2. The second-order valence-electron chi connectivity index (χ2n) is 8.43. The summed E-state index contributed by atoms with van der Waals surface area (Å²) in [5.41, 5.74) is 1.19. The molecule has 1 N–H and O–H groups in total. The second kappa shape index (κ2) is 10.4. The van der Waals surface area contributed by atoms with Crippen LogP contribution >= 0.6 is 11.6 Å². The van der Waals surface area contributed by atoms with Crippen molar-refractivity contribution in [1.29, 1.82) is 0 Å². The minimum absolute atomic E-state index is 0.0702. The van der Waals surface area contributed by atoms with E-state index in [1.807, 2.05) is 13.8 Å². The van der Waals surface area contributed by atoms with Gasteiger partial charge in [0.15, 0.2) is 6.61 Å². The summed E-state index contributed by atoms with van der Waals surface area (Å²) >= 11 is 5.98. The number of carbonyl (C=O) groups excluding carboxylic acids is 1. The zero-order valence-electron chi connectivity index (χ0n) is 18.7. The highest BCUT2D eigenvalue weighted by atomic mass is 35.5. The number of nitrogens with zero attached hydrogens (tertiary/aromatic N) is 2. The summed E-state index contributed by atoms with van der Waals surface area (Å²) in [5, 5.41) is -0.964. The molecule has 2 aromatic rings. The molecule has 3 rings (SSSR count). The first kappa shape index (κ1) is 25.4. The van der Waals surface area contributed by atoms with Crippen molar-refractivity contribution in [3.63, 3.8) is 0 Å². The normalized spacial score (nSPS) is 20.5. The molecule has 0 aliphatic carbocycles. The zero-order valence-corrected chi connectivity index (χ0v) is 20.3. The number of carbonyl (C=O) groups is 1. The Morgan fingerprint density at radius 3 is 2.48 bits per heavy atom. The van der Waals surface area contributed by atoms with Gasteiger partial charge in [0.2, 0.25) is 0 Å². The van der Waals surface area contributed by atoms with Crippen LogP contribution < -0.4 is 4.74 Å². The lowest BCUT2D eigenvalue weighted by atomic mass is 10.1. The van der Waals surface area contributed by atoms with Crippen LogP contribution in [0.3, 0.4) is 0 Å². The number of rotatable bonds is 7. The first-order valence-corrected chi connectivity index (χ1v) is 12.5. The molecule has 1 aliphatic rings. The largest absolute Gasteiger partial charge is 0.483 e. The van der Waals surface area contributed by atoms with Gasteiger partial charge >= 0.3 is 0 Å². The Hall–Kier alpha value is -2.20. The molecule has 0 spiro atoms. The summed E-state index contributed by atoms with van der Waals surface area (Å²) in [5.74, 6) is -0.324. The number of ether oxygens (including phenoxy) is 1. The molecular formula is C23H28ClFN2O5S. The van der Waals surface area contributed by atoms with Crippen molar-refractivity contribution in [1.82, 2.24) is 9.80 Å². The monoisotopic (exact) mass is 498 g/mol. The number of hydrogen-bond donors (Lipinski definition) is 1. The van der Waals surface area contributed by atoms with E-state index in [2.05, 4.69) is 4.90 Å². The highest BCUT2D eigenvalue weighted by molar-refractivity contribution is 7.86. The lowest BCUT2D eigenvalue weighted by Gasteiger charge is -2.44. The number of piperazine rings is 1. The van der Waals surface area contributed by atoms with Gasteiger partial charge < -0.3 is 9.64 Å². The summed E-state index contributed by atoms with van der Waals surface area (Å²) in [6, 6.07) is 10.8. The summed E-state index contributed by atoms with van der Waals surface area (Å²) in [6.07, 6.45) is 0. The van der Waals surface area contributed by atoms with E-state index in [0.29, 0.717) is 24.7 Å². The third-order valence-electron chi connectivity index (χ3n) is 5.94. The van der Waals surface area contributed by atoms with E-state index >= 15 is 0 Å². The van der Waals surface area contributed by atoms with E-state index in [0.717, 1.165) is 5.56 Å². The average molecular weight is 499 g/mol. The fraction of sp³-hybridized carbons (Fsp3) is 0.435. The molecule has 1 heterocycles. The van der Waals surface area contributed by atoms with Crippen LogP contribution in [0.1, 0.15) is 37.1 Å². The third-order valence-corrected chi connectivity index (χ3v) is 7.32. The van der Waals surface area contributed by atoms with Crippen LogP contribution in [0.15, 0.2) is 42.5 Å². The topological polar surface area (TPSA) is 87.2 Å². The van der Waals surface area contributed by atoms with Gasteiger partial charge in [-0.3, -0.25) is 14.2 Å². The molecule has 0 saturated carbocycles. The van der Waals surface area contributed by atoms with Gasteiger partial charge in [-0.2, -0.15) is 8.42 Å². The smallest absolute Gasteiger partial charge is 0.271 e. The number of halogens is 2. The Balaban J connectivity index is 1.64. The van der Waals surface area contributed by atoms with E-state index in [-0.39, 0.29) is 41.7 Å². The van der Waals surface area contributed by atoms with E-state index in [9.17, 15) is 22.2 Å². The minimum Gasteiger partial charge on any atom is -0.483 e. The van der Waals surface area contributed by atoms with Crippen LogP contribution in [-0.2, 0) is 21.5 Å². The highest BCUT2D eigenvalue weighted by Gasteiger charge is 2.32. The Labute approximate surface area is 198 Å². The molecule has 180 valence electrons. The Morgan fingerprint density at radius 2 is 1.85 bits per heavy atom. The van der Waals surface area contributed by atoms with E-state index in [1.54, 1.807) is 17.0 Å². The maximum Gasteiger partial charge on any atom is 0.271 e. The molecule has 1 aliphatic heterocycles. The van der Waals surface area contributed by atoms with Crippen molar-refractivity contribution in [2.45, 2.75) is 44.6 Å². The molecule has 10 heteroatoms. The van der Waals surface area contributed by atoms with Crippen LogP contribution in [-0.4, -0.2) is 60.5 Å². The van der Waals surface area contributed by atoms with Crippen molar-refractivity contribution in [2.24, 2.45) is 0 Å². The van der Waals surface area contributed by atoms with E-state index in [1.165, 1.54) is 37.3 Å². The molecule has 1 fully saturated rings. The highest BCUT2D eigenvalue weighted by Crippen LogP contribution is 2.32. The molecule has 33 heavy (non-hydrogen) atoms. The van der Waals surface area contributed by atoms with E-state index in [4.69, 9.17) is 16.3 Å². The summed E-state index contributed by atoms with van der Waals surface area (Å²) in [4.78, 5) is 16.9. The van der Waals surface area contributed by atoms with Gasteiger partial charge in [0.1, 0.15) is 16.8 Å². The Morgan fingerprint density at radius 1 is 1.18 bits per heavy atom. The molecule has 3 atom stereocenters. The molecule has 0 bridgehead atoms. The molecule has 0 radical (unpaired) electrons. The van der Waals surface area contributed by atoms with Gasteiger partial charge in [-0.15, -0.1) is 0 Å². The molecule has 1 saturated heterocycles. The Kier molecular flexibility index (Phi) is 8.00. The molecule has 0 aromatic heterocycles. The lowest BCUT2D eigenvalue weighted by Crippen LogP contribution is -2.58. The van der Waals surface area contributed by atoms with Gasteiger partial charge in [-0.1, -0.05) is 23.7 Å². The zero-order chi connectivity index (χ0) is 24.3. The predicted octanol–water partition coefficient (Wildman–Crippen LogP) is 3.93. The first-order chi connectivity index (χ1) is 15.5. The maximum absolute atomic E-state index is 13.2. The van der Waals surface area contributed by atoms with Gasteiger partial charge in [-0.25, -0.2) is 4.39 Å². The fourth-order valence-corrected chi connectivity index (χ4v) is 4.63. The molecule has 2 aromatic carbocycles. The van der Waals surface area contributed by atoms with Gasteiger partial charge in [0, 0.05) is 42.3 Å². The van der Waals surface area contributed by atoms with Gasteiger partial charge in [-0.05, 0) is 56.7 Å². The summed E-state index contributed by atoms with van der Waals surface area (Å²) < 4.78 is 51.4. The lowest BCUT2D eigenvalue weighted by molar-refractivity contribution is -0.139. The standard InChI is InChI=1S/C23H28ClFN2O5S/c1-15-12-27(16(2)11-26(15)13-18-4-7-20(25)8-5-18)23(28)14-32-22-9-6-19(24)10-21(22)17(3)33(29,30)31/h4-10,15-17H,11-14H2,1-3H3,(H,29,30,31)/t15-,16+,17?/m0/s1. The van der Waals surface area contributed by atoms with Crippen molar-refractivity contribution < 1.29 is 26.9 Å². The van der Waals surface area contributed by atoms with Crippen molar-refractivity contribution in [3.8, 4) is 5.75 Å². The fourth-order valence-electron chi connectivity index (χ4n) is 3.94. The van der Waals surface area contributed by atoms with E-state index < -0.39 is 15.4 Å². The summed E-state index contributed by atoms with van der Waals surface area (Å²) in [6.45, 7) is 6.83. The third kappa shape index (κ3) is 6.44. The molecular weight excluding hydrogens is 471 g/mol. The van der Waals surface area contributed by atoms with Crippen LogP contribution in [0.25, 0.3) is 0 Å². The van der Waals surface area contributed by atoms with Crippen molar-refractivity contribution in [3.05, 3.63) is 64.4 Å². The van der Waals surface area contributed by atoms with Crippen LogP contribution in [0.2, 0.25) is 5.02 Å². The predicted molar refractivity (Wildman–Crippen MR) is 124 cm³/mol. The quantitative estimate of drug-likeness (QED) is 0.582. The molecule has 1 unspecified atom stereocenters. The molecule has 7 nitrogen and oxygen atoms in total. The van der Waals surface area contributed by atoms with Crippen molar-refractivity contribution in [2.75, 3.05) is 19.7 Å². The van der Waals surface area contributed by atoms with Crippen LogP contribution in [0, 0.1) is 5.82 Å². The molecule has 1 amide bonds. The van der Waals surface area contributed by atoms with Gasteiger partial charge in [0.25, 0.3) is 16.0 Å². The Bertz CT molecular complexity index is 1100. The number of hydrogen-bond acceptors (Lipinski definition) is 5. The number of benzene rings is 2.